The third-order valence-corrected chi connectivity index (χ3v) is 11.7. The second kappa shape index (κ2) is 13.8. The molecular formula is C54H37N3O2. The Kier molecular flexibility index (Phi) is 8.09. The maximum absolute atomic E-state index is 6.87. The number of para-hydroxylation sites is 1. The molecule has 0 bridgehead atoms. The van der Waals surface area contributed by atoms with Crippen molar-refractivity contribution < 1.29 is 9.47 Å². The third-order valence-electron chi connectivity index (χ3n) is 11.7. The molecule has 0 atom stereocenters. The predicted molar refractivity (Wildman–Crippen MR) is 237 cm³/mol. The highest BCUT2D eigenvalue weighted by Crippen LogP contribution is 2.56. The van der Waals surface area contributed by atoms with Crippen LogP contribution in [0.15, 0.2) is 188 Å². The molecule has 5 heteroatoms. The Balaban J connectivity index is 1.02. The number of hydrogen-bond donors (Lipinski definition) is 0. The number of fused-ring (bicyclic) bond motifs is 5. The Morgan fingerprint density at radius 2 is 0.797 bits per heavy atom. The summed E-state index contributed by atoms with van der Waals surface area (Å²) < 4.78 is 13.5. The molecule has 2 aliphatic rings. The van der Waals surface area contributed by atoms with E-state index < -0.39 is 0 Å². The number of hydrogen-bond acceptors (Lipinski definition) is 5. The molecule has 5 nitrogen and oxygen atoms in total. The fraction of sp³-hybridized carbons (Fsp3) is 0.0556. The molecule has 1 aliphatic heterocycles. The van der Waals surface area contributed by atoms with Crippen LogP contribution in [0.4, 0.5) is 0 Å². The van der Waals surface area contributed by atoms with Crippen LogP contribution >= 0.6 is 0 Å². The summed E-state index contributed by atoms with van der Waals surface area (Å²) in [6.07, 6.45) is 0. The molecule has 0 fully saturated rings. The Labute approximate surface area is 343 Å². The van der Waals surface area contributed by atoms with E-state index in [1.54, 1.807) is 0 Å². The van der Waals surface area contributed by atoms with Crippen LogP contribution in [-0.2, 0) is 5.41 Å². The molecular weight excluding hydrogens is 723 g/mol. The minimum absolute atomic E-state index is 0.151. The molecule has 59 heavy (non-hydrogen) atoms. The van der Waals surface area contributed by atoms with E-state index in [1.807, 2.05) is 36.4 Å². The topological polar surface area (TPSA) is 57.1 Å². The molecule has 1 aliphatic carbocycles. The number of ether oxygens (including phenoxy) is 2. The van der Waals surface area contributed by atoms with Gasteiger partial charge in [-0.3, -0.25) is 0 Å². The van der Waals surface area contributed by atoms with Gasteiger partial charge in [-0.2, -0.15) is 0 Å². The van der Waals surface area contributed by atoms with E-state index in [2.05, 4.69) is 166 Å². The summed E-state index contributed by atoms with van der Waals surface area (Å²) in [5.74, 6) is 4.46. The average molecular weight is 760 g/mol. The van der Waals surface area contributed by atoms with E-state index in [9.17, 15) is 0 Å². The molecule has 8 aromatic carbocycles. The summed E-state index contributed by atoms with van der Waals surface area (Å²) in [7, 11) is 0. The predicted octanol–water partition coefficient (Wildman–Crippen LogP) is 14.1. The summed E-state index contributed by atoms with van der Waals surface area (Å²) >= 11 is 0. The van der Waals surface area contributed by atoms with E-state index in [-0.39, 0.29) is 5.41 Å². The minimum atomic E-state index is -0.151. The van der Waals surface area contributed by atoms with Gasteiger partial charge in [-0.25, -0.2) is 15.0 Å². The highest BCUT2D eigenvalue weighted by Gasteiger charge is 2.37. The highest BCUT2D eigenvalue weighted by molar-refractivity contribution is 5.88. The van der Waals surface area contributed by atoms with Crippen molar-refractivity contribution in [2.24, 2.45) is 0 Å². The zero-order valence-corrected chi connectivity index (χ0v) is 32.6. The van der Waals surface area contributed by atoms with Gasteiger partial charge in [0, 0.05) is 27.7 Å². The van der Waals surface area contributed by atoms with Crippen molar-refractivity contribution in [3.8, 4) is 102 Å². The van der Waals surface area contributed by atoms with Gasteiger partial charge in [0.25, 0.3) is 0 Å². The minimum Gasteiger partial charge on any atom is -0.449 e. The zero-order chi connectivity index (χ0) is 39.5. The van der Waals surface area contributed by atoms with Crippen molar-refractivity contribution >= 4 is 0 Å². The lowest BCUT2D eigenvalue weighted by Gasteiger charge is -2.26. The van der Waals surface area contributed by atoms with Crippen LogP contribution in [0.5, 0.6) is 23.0 Å². The Bertz CT molecular complexity index is 2950. The van der Waals surface area contributed by atoms with Crippen LogP contribution in [0.2, 0.25) is 0 Å². The Hall–Kier alpha value is -7.63. The lowest BCUT2D eigenvalue weighted by Crippen LogP contribution is -2.15. The first-order valence-corrected chi connectivity index (χ1v) is 19.9. The van der Waals surface area contributed by atoms with Crippen LogP contribution in [0.1, 0.15) is 25.0 Å². The van der Waals surface area contributed by atoms with Gasteiger partial charge in [0.2, 0.25) is 0 Å². The molecule has 9 aromatic rings. The van der Waals surface area contributed by atoms with E-state index in [0.29, 0.717) is 40.5 Å². The molecule has 0 radical (unpaired) electrons. The Morgan fingerprint density at radius 1 is 0.322 bits per heavy atom. The van der Waals surface area contributed by atoms with Gasteiger partial charge in [0.15, 0.2) is 40.5 Å². The molecule has 0 amide bonds. The van der Waals surface area contributed by atoms with Crippen molar-refractivity contribution in [3.63, 3.8) is 0 Å². The van der Waals surface area contributed by atoms with Crippen LogP contribution in [0.3, 0.4) is 0 Å². The quantitative estimate of drug-likeness (QED) is 0.169. The first kappa shape index (κ1) is 34.6. The van der Waals surface area contributed by atoms with Crippen molar-refractivity contribution in [1.82, 2.24) is 15.0 Å². The van der Waals surface area contributed by atoms with E-state index in [0.717, 1.165) is 50.1 Å². The molecule has 0 N–H and O–H groups in total. The van der Waals surface area contributed by atoms with Gasteiger partial charge in [-0.05, 0) is 68.3 Å². The largest absolute Gasteiger partial charge is 0.449 e. The molecule has 0 unspecified atom stereocenters. The van der Waals surface area contributed by atoms with Crippen molar-refractivity contribution in [1.29, 1.82) is 0 Å². The van der Waals surface area contributed by atoms with Crippen LogP contribution < -0.4 is 9.47 Å². The molecule has 0 saturated heterocycles. The maximum Gasteiger partial charge on any atom is 0.177 e. The third kappa shape index (κ3) is 5.98. The first-order chi connectivity index (χ1) is 29.0. The average Bonchev–Trinajstić information content (AvgIpc) is 3.52. The fourth-order valence-electron chi connectivity index (χ4n) is 8.56. The number of rotatable bonds is 6. The smallest absolute Gasteiger partial charge is 0.177 e. The van der Waals surface area contributed by atoms with Gasteiger partial charge in [-0.1, -0.05) is 184 Å². The standard InChI is InChI=1S/C54H37N3O2/c1-54(2)45-22-12-11-19-41(45)44-32-48-49(33-46(44)54)58-47-23-13-21-42(50(47)59-48)40-18-9-10-20-43(40)53-56-51(38-28-24-36(25-29-38)34-14-5-3-6-15-34)55-52(57-53)39-30-26-37(27-31-39)35-16-7-4-8-17-35/h3-33H,1-2H3. The number of benzene rings is 8. The van der Waals surface area contributed by atoms with Gasteiger partial charge in [0.05, 0.1) is 0 Å². The summed E-state index contributed by atoms with van der Waals surface area (Å²) in [5.41, 5.74) is 13.8. The van der Waals surface area contributed by atoms with Crippen LogP contribution in [0, 0.1) is 0 Å². The molecule has 11 rings (SSSR count). The monoisotopic (exact) mass is 759 g/mol. The van der Waals surface area contributed by atoms with Gasteiger partial charge >= 0.3 is 0 Å². The van der Waals surface area contributed by atoms with E-state index in [4.69, 9.17) is 24.4 Å². The van der Waals surface area contributed by atoms with Crippen molar-refractivity contribution in [2.75, 3.05) is 0 Å². The molecule has 0 spiro atoms. The second-order valence-electron chi connectivity index (χ2n) is 15.6. The SMILES string of the molecule is CC1(C)c2ccccc2-c2cc3c(cc21)Oc1cccc(-c2ccccc2-c2nc(-c4ccc(-c5ccccc5)cc4)nc(-c4ccc(-c5ccccc5)cc4)n2)c1O3. The lowest BCUT2D eigenvalue weighted by atomic mass is 9.82. The molecule has 1 aromatic heterocycles. The van der Waals surface area contributed by atoms with E-state index in [1.165, 1.54) is 22.3 Å². The highest BCUT2D eigenvalue weighted by atomic mass is 16.6. The van der Waals surface area contributed by atoms with Crippen molar-refractivity contribution in [3.05, 3.63) is 199 Å². The number of aromatic nitrogens is 3. The van der Waals surface area contributed by atoms with E-state index >= 15 is 0 Å². The Morgan fingerprint density at radius 3 is 1.42 bits per heavy atom. The lowest BCUT2D eigenvalue weighted by molar-refractivity contribution is 0.360. The van der Waals surface area contributed by atoms with Gasteiger partial charge in [0.1, 0.15) is 0 Å². The molecule has 0 saturated carbocycles. The normalized spacial score (nSPS) is 13.0. The summed E-state index contributed by atoms with van der Waals surface area (Å²) in [4.78, 5) is 15.5. The fourth-order valence-corrected chi connectivity index (χ4v) is 8.56. The summed E-state index contributed by atoms with van der Waals surface area (Å²) in [5, 5.41) is 0. The van der Waals surface area contributed by atoms with Crippen LogP contribution in [-0.4, -0.2) is 15.0 Å². The molecule has 280 valence electrons. The molecule has 2 heterocycles. The first-order valence-electron chi connectivity index (χ1n) is 19.9. The second-order valence-corrected chi connectivity index (χ2v) is 15.6. The summed E-state index contributed by atoms with van der Waals surface area (Å²) in [6, 6.07) is 64.8. The summed E-state index contributed by atoms with van der Waals surface area (Å²) in [6.45, 7) is 4.54. The maximum atomic E-state index is 6.87. The van der Waals surface area contributed by atoms with Crippen molar-refractivity contribution in [2.45, 2.75) is 19.3 Å². The van der Waals surface area contributed by atoms with Gasteiger partial charge < -0.3 is 9.47 Å². The van der Waals surface area contributed by atoms with Crippen LogP contribution in [0.25, 0.3) is 78.7 Å². The number of nitrogens with zero attached hydrogens (tertiary/aromatic N) is 3. The zero-order valence-electron chi connectivity index (χ0n) is 32.6. The van der Waals surface area contributed by atoms with Gasteiger partial charge in [-0.15, -0.1) is 0 Å².